The van der Waals surface area contributed by atoms with Crippen LogP contribution >= 0.6 is 0 Å². The number of nitrogens with one attached hydrogen (secondary N) is 1. The number of aromatic nitrogens is 1. The zero-order valence-corrected chi connectivity index (χ0v) is 12.8. The molecule has 21 heavy (non-hydrogen) atoms. The lowest BCUT2D eigenvalue weighted by Gasteiger charge is -2.14. The molecule has 0 aromatic carbocycles. The van der Waals surface area contributed by atoms with Crippen LogP contribution in [0.1, 0.15) is 41.9 Å². The van der Waals surface area contributed by atoms with E-state index in [1.54, 1.807) is 12.0 Å². The Kier molecular flexibility index (Phi) is 5.14. The van der Waals surface area contributed by atoms with Gasteiger partial charge in [-0.2, -0.15) is 0 Å². The first kappa shape index (κ1) is 15.7. The first-order valence-electron chi connectivity index (χ1n) is 7.31. The fourth-order valence-electron chi connectivity index (χ4n) is 2.44. The SMILES string of the molecule is CCN1Cc2nc(OC)c(CN[C@@H](C)CCO)cc2C1=O. The summed E-state index contributed by atoms with van der Waals surface area (Å²) in [6.07, 6.45) is 0.684. The van der Waals surface area contributed by atoms with Gasteiger partial charge in [0.1, 0.15) is 0 Å². The van der Waals surface area contributed by atoms with Gasteiger partial charge in [0.2, 0.25) is 5.88 Å². The Bertz CT molecular complexity index is 519. The maximum atomic E-state index is 12.2. The van der Waals surface area contributed by atoms with Crippen LogP contribution in [0.25, 0.3) is 0 Å². The smallest absolute Gasteiger partial charge is 0.256 e. The summed E-state index contributed by atoms with van der Waals surface area (Å²) < 4.78 is 5.34. The van der Waals surface area contributed by atoms with Crippen LogP contribution in [0.5, 0.6) is 5.88 Å². The minimum absolute atomic E-state index is 0.0345. The molecule has 6 nitrogen and oxygen atoms in total. The second kappa shape index (κ2) is 6.87. The average Bonchev–Trinajstić information content (AvgIpc) is 2.80. The molecule has 116 valence electrons. The quantitative estimate of drug-likeness (QED) is 0.782. The molecule has 0 unspecified atom stereocenters. The molecule has 1 aromatic heterocycles. The minimum Gasteiger partial charge on any atom is -0.481 e. The van der Waals surface area contributed by atoms with Crippen molar-refractivity contribution in [2.75, 3.05) is 20.3 Å². The van der Waals surface area contributed by atoms with Crippen molar-refractivity contribution in [1.82, 2.24) is 15.2 Å². The van der Waals surface area contributed by atoms with Gasteiger partial charge in [-0.15, -0.1) is 0 Å². The summed E-state index contributed by atoms with van der Waals surface area (Å²) in [4.78, 5) is 18.4. The molecule has 0 saturated carbocycles. The molecule has 2 N–H and O–H groups in total. The summed E-state index contributed by atoms with van der Waals surface area (Å²) in [6.45, 7) is 5.91. The Morgan fingerprint density at radius 2 is 2.33 bits per heavy atom. The normalized spacial score (nSPS) is 15.2. The number of amides is 1. The molecule has 1 amide bonds. The van der Waals surface area contributed by atoms with Crippen LogP contribution in [0.4, 0.5) is 0 Å². The molecule has 0 fully saturated rings. The third-order valence-corrected chi connectivity index (χ3v) is 3.78. The van der Waals surface area contributed by atoms with Gasteiger partial charge >= 0.3 is 0 Å². The van der Waals surface area contributed by atoms with Gasteiger partial charge in [-0.3, -0.25) is 4.79 Å². The lowest BCUT2D eigenvalue weighted by molar-refractivity contribution is 0.0786. The molecule has 0 aliphatic carbocycles. The number of aliphatic hydroxyl groups is 1. The number of carbonyl (C=O) groups is 1. The van der Waals surface area contributed by atoms with E-state index < -0.39 is 0 Å². The van der Waals surface area contributed by atoms with Gasteiger partial charge < -0.3 is 20.1 Å². The van der Waals surface area contributed by atoms with Crippen LogP contribution in [0.15, 0.2) is 6.07 Å². The Morgan fingerprint density at radius 3 is 2.95 bits per heavy atom. The molecular formula is C15H23N3O3. The predicted molar refractivity (Wildman–Crippen MR) is 79.2 cm³/mol. The molecule has 1 aliphatic rings. The van der Waals surface area contributed by atoms with Crippen LogP contribution in [-0.2, 0) is 13.1 Å². The molecule has 6 heteroatoms. The van der Waals surface area contributed by atoms with E-state index in [0.717, 1.165) is 11.3 Å². The number of aliphatic hydroxyl groups excluding tert-OH is 1. The van der Waals surface area contributed by atoms with Crippen LogP contribution in [-0.4, -0.2) is 47.2 Å². The van der Waals surface area contributed by atoms with E-state index in [0.29, 0.717) is 37.5 Å². The first-order valence-corrected chi connectivity index (χ1v) is 7.31. The van der Waals surface area contributed by atoms with Crippen LogP contribution in [0.3, 0.4) is 0 Å². The Balaban J connectivity index is 2.19. The molecule has 0 radical (unpaired) electrons. The number of nitrogens with zero attached hydrogens (tertiary/aromatic N) is 2. The number of methoxy groups -OCH3 is 1. The van der Waals surface area contributed by atoms with E-state index in [1.807, 2.05) is 19.9 Å². The van der Waals surface area contributed by atoms with Crippen LogP contribution < -0.4 is 10.1 Å². The molecule has 2 rings (SSSR count). The van der Waals surface area contributed by atoms with E-state index in [4.69, 9.17) is 9.84 Å². The summed E-state index contributed by atoms with van der Waals surface area (Å²) in [5, 5.41) is 12.2. The fraction of sp³-hybridized carbons (Fsp3) is 0.600. The largest absolute Gasteiger partial charge is 0.481 e. The van der Waals surface area contributed by atoms with Crippen molar-refractivity contribution in [3.63, 3.8) is 0 Å². The molecule has 0 bridgehead atoms. The zero-order valence-electron chi connectivity index (χ0n) is 12.8. The van der Waals surface area contributed by atoms with Crippen molar-refractivity contribution >= 4 is 5.91 Å². The third kappa shape index (κ3) is 3.33. The van der Waals surface area contributed by atoms with E-state index in [9.17, 15) is 4.79 Å². The molecule has 1 aromatic rings. The highest BCUT2D eigenvalue weighted by molar-refractivity contribution is 5.98. The predicted octanol–water partition coefficient (Wildman–Crippen LogP) is 0.926. The number of hydrogen-bond donors (Lipinski definition) is 2. The van der Waals surface area contributed by atoms with Crippen LogP contribution in [0.2, 0.25) is 0 Å². The van der Waals surface area contributed by atoms with E-state index in [-0.39, 0.29) is 18.6 Å². The summed E-state index contributed by atoms with van der Waals surface area (Å²) in [5.41, 5.74) is 2.32. The topological polar surface area (TPSA) is 74.7 Å². The molecule has 1 atom stereocenters. The maximum Gasteiger partial charge on any atom is 0.256 e. The minimum atomic E-state index is 0.0345. The lowest BCUT2D eigenvalue weighted by atomic mass is 10.1. The average molecular weight is 293 g/mol. The van der Waals surface area contributed by atoms with Crippen molar-refractivity contribution in [1.29, 1.82) is 0 Å². The highest BCUT2D eigenvalue weighted by Gasteiger charge is 2.29. The van der Waals surface area contributed by atoms with Crippen molar-refractivity contribution in [3.05, 3.63) is 22.9 Å². The number of carbonyl (C=O) groups excluding carboxylic acids is 1. The Morgan fingerprint density at radius 1 is 1.57 bits per heavy atom. The summed E-state index contributed by atoms with van der Waals surface area (Å²) in [7, 11) is 1.59. The standard InChI is InChI=1S/C15H23N3O3/c1-4-18-9-13-12(15(18)20)7-11(14(17-13)21-3)8-16-10(2)5-6-19/h7,10,16,19H,4-6,8-9H2,1-3H3/t10-/m0/s1. The number of ether oxygens (including phenoxy) is 1. The second-order valence-corrected chi connectivity index (χ2v) is 5.26. The second-order valence-electron chi connectivity index (χ2n) is 5.26. The van der Waals surface area contributed by atoms with Gasteiger partial charge in [0, 0.05) is 31.3 Å². The van der Waals surface area contributed by atoms with Crippen molar-refractivity contribution in [3.8, 4) is 5.88 Å². The number of hydrogen-bond acceptors (Lipinski definition) is 5. The lowest BCUT2D eigenvalue weighted by Crippen LogP contribution is -2.27. The highest BCUT2D eigenvalue weighted by atomic mass is 16.5. The zero-order chi connectivity index (χ0) is 15.4. The van der Waals surface area contributed by atoms with Crippen molar-refractivity contribution in [2.45, 2.75) is 39.4 Å². The van der Waals surface area contributed by atoms with Gasteiger partial charge in [-0.05, 0) is 26.3 Å². The number of rotatable bonds is 7. The van der Waals surface area contributed by atoms with Gasteiger partial charge in [-0.1, -0.05) is 0 Å². The van der Waals surface area contributed by atoms with Gasteiger partial charge in [0.15, 0.2) is 0 Å². The number of fused-ring (bicyclic) bond motifs is 1. The van der Waals surface area contributed by atoms with Crippen molar-refractivity contribution in [2.24, 2.45) is 0 Å². The molecule has 1 aliphatic heterocycles. The van der Waals surface area contributed by atoms with Gasteiger partial charge in [-0.25, -0.2) is 4.98 Å². The Labute approximate surface area is 125 Å². The van der Waals surface area contributed by atoms with Gasteiger partial charge in [0.25, 0.3) is 5.91 Å². The number of pyridine rings is 1. The van der Waals surface area contributed by atoms with Crippen LogP contribution in [0, 0.1) is 0 Å². The molecule has 0 spiro atoms. The fourth-order valence-corrected chi connectivity index (χ4v) is 2.44. The maximum absolute atomic E-state index is 12.2. The summed E-state index contributed by atoms with van der Waals surface area (Å²) in [5.74, 6) is 0.593. The highest BCUT2D eigenvalue weighted by Crippen LogP contribution is 2.26. The summed E-state index contributed by atoms with van der Waals surface area (Å²) in [6, 6.07) is 2.06. The first-order chi connectivity index (χ1) is 10.1. The molecular weight excluding hydrogens is 270 g/mol. The van der Waals surface area contributed by atoms with E-state index >= 15 is 0 Å². The van der Waals surface area contributed by atoms with E-state index in [1.165, 1.54) is 0 Å². The van der Waals surface area contributed by atoms with Crippen molar-refractivity contribution < 1.29 is 14.6 Å². The summed E-state index contributed by atoms with van der Waals surface area (Å²) >= 11 is 0. The van der Waals surface area contributed by atoms with E-state index in [2.05, 4.69) is 10.3 Å². The molecule has 2 heterocycles. The monoisotopic (exact) mass is 293 g/mol. The Hall–Kier alpha value is -1.66. The molecule has 0 saturated heterocycles. The third-order valence-electron chi connectivity index (χ3n) is 3.78. The van der Waals surface area contributed by atoms with Gasteiger partial charge in [0.05, 0.1) is 24.9 Å².